The summed E-state index contributed by atoms with van der Waals surface area (Å²) in [6.07, 6.45) is 1.64. The summed E-state index contributed by atoms with van der Waals surface area (Å²) in [4.78, 5) is 28.1. The number of rotatable bonds is 9. The molecule has 10 nitrogen and oxygen atoms in total. The number of nitro benzene ring substituents is 1. The SMILES string of the molecule is CC(Nc1ccc(C(=O)NCc2ccc(S(=O)(=O)N(C)C)cc2)cc1[N+](=O)[O-])c1ccccn1. The van der Waals surface area contributed by atoms with E-state index in [0.29, 0.717) is 5.56 Å². The van der Waals surface area contributed by atoms with Crippen LogP contribution in [0.5, 0.6) is 0 Å². The van der Waals surface area contributed by atoms with E-state index in [1.165, 1.54) is 44.4 Å². The Morgan fingerprint density at radius 2 is 1.82 bits per heavy atom. The zero-order valence-corrected chi connectivity index (χ0v) is 19.7. The molecule has 0 spiro atoms. The topological polar surface area (TPSA) is 135 Å². The number of anilines is 1. The number of sulfonamides is 1. The van der Waals surface area contributed by atoms with Crippen LogP contribution in [-0.4, -0.2) is 42.6 Å². The van der Waals surface area contributed by atoms with Crippen LogP contribution in [0.4, 0.5) is 11.4 Å². The van der Waals surface area contributed by atoms with Gasteiger partial charge in [-0.05, 0) is 48.9 Å². The van der Waals surface area contributed by atoms with Crippen LogP contribution in [0.25, 0.3) is 0 Å². The van der Waals surface area contributed by atoms with Gasteiger partial charge in [0.2, 0.25) is 10.0 Å². The number of benzene rings is 2. The highest BCUT2D eigenvalue weighted by Crippen LogP contribution is 2.29. The molecule has 3 rings (SSSR count). The summed E-state index contributed by atoms with van der Waals surface area (Å²) >= 11 is 0. The van der Waals surface area contributed by atoms with Gasteiger partial charge in [-0.15, -0.1) is 0 Å². The normalized spacial score (nSPS) is 12.2. The molecule has 0 saturated carbocycles. The van der Waals surface area contributed by atoms with Crippen molar-refractivity contribution in [2.75, 3.05) is 19.4 Å². The summed E-state index contributed by atoms with van der Waals surface area (Å²) in [7, 11) is -0.645. The van der Waals surface area contributed by atoms with Crippen LogP contribution in [-0.2, 0) is 16.6 Å². The third kappa shape index (κ3) is 5.74. The lowest BCUT2D eigenvalue weighted by Crippen LogP contribution is -2.23. The first-order valence-electron chi connectivity index (χ1n) is 10.3. The average Bonchev–Trinajstić information content (AvgIpc) is 2.83. The number of amides is 1. The molecule has 1 heterocycles. The number of hydrogen-bond acceptors (Lipinski definition) is 7. The second kappa shape index (κ2) is 10.4. The summed E-state index contributed by atoms with van der Waals surface area (Å²) in [5.74, 6) is -0.489. The van der Waals surface area contributed by atoms with E-state index >= 15 is 0 Å². The van der Waals surface area contributed by atoms with E-state index in [-0.39, 0.29) is 34.4 Å². The molecule has 2 aromatic carbocycles. The molecule has 3 aromatic rings. The van der Waals surface area contributed by atoms with E-state index in [0.717, 1.165) is 10.00 Å². The summed E-state index contributed by atoms with van der Waals surface area (Å²) in [6, 6.07) is 15.5. The zero-order chi connectivity index (χ0) is 24.9. The van der Waals surface area contributed by atoms with Crippen LogP contribution in [0.3, 0.4) is 0 Å². The monoisotopic (exact) mass is 483 g/mol. The number of nitrogens with one attached hydrogen (secondary N) is 2. The fraction of sp³-hybridized carbons (Fsp3) is 0.217. The Hall–Kier alpha value is -3.83. The second-order valence-corrected chi connectivity index (χ2v) is 9.88. The van der Waals surface area contributed by atoms with Gasteiger partial charge in [-0.2, -0.15) is 0 Å². The lowest BCUT2D eigenvalue weighted by atomic mass is 10.1. The van der Waals surface area contributed by atoms with Gasteiger partial charge in [0.15, 0.2) is 0 Å². The third-order valence-corrected chi connectivity index (χ3v) is 6.94. The molecule has 0 bridgehead atoms. The van der Waals surface area contributed by atoms with Crippen LogP contribution in [0, 0.1) is 10.1 Å². The Morgan fingerprint density at radius 3 is 2.41 bits per heavy atom. The number of nitrogens with zero attached hydrogens (tertiary/aromatic N) is 3. The van der Waals surface area contributed by atoms with Crippen LogP contribution in [0.2, 0.25) is 0 Å². The molecule has 0 radical (unpaired) electrons. The van der Waals surface area contributed by atoms with Crippen molar-refractivity contribution in [1.29, 1.82) is 0 Å². The predicted octanol–water partition coefficient (Wildman–Crippen LogP) is 3.34. The molecule has 0 aliphatic rings. The van der Waals surface area contributed by atoms with Gasteiger partial charge in [-0.3, -0.25) is 19.9 Å². The Kier molecular flexibility index (Phi) is 7.59. The van der Waals surface area contributed by atoms with Crippen molar-refractivity contribution in [1.82, 2.24) is 14.6 Å². The highest BCUT2D eigenvalue weighted by Gasteiger charge is 2.20. The molecule has 0 aliphatic heterocycles. The summed E-state index contributed by atoms with van der Waals surface area (Å²) < 4.78 is 25.4. The van der Waals surface area contributed by atoms with Crippen molar-refractivity contribution < 1.29 is 18.1 Å². The van der Waals surface area contributed by atoms with E-state index in [1.807, 2.05) is 19.1 Å². The maximum Gasteiger partial charge on any atom is 0.293 e. The van der Waals surface area contributed by atoms with Gasteiger partial charge in [-0.25, -0.2) is 12.7 Å². The molecule has 0 fully saturated rings. The minimum Gasteiger partial charge on any atom is -0.371 e. The first-order chi connectivity index (χ1) is 16.1. The summed E-state index contributed by atoms with van der Waals surface area (Å²) in [5, 5.41) is 17.4. The van der Waals surface area contributed by atoms with Gasteiger partial charge >= 0.3 is 0 Å². The van der Waals surface area contributed by atoms with Gasteiger partial charge in [-0.1, -0.05) is 18.2 Å². The minimum atomic E-state index is -3.54. The molecule has 34 heavy (non-hydrogen) atoms. The molecule has 1 unspecified atom stereocenters. The lowest BCUT2D eigenvalue weighted by molar-refractivity contribution is -0.384. The Morgan fingerprint density at radius 1 is 1.12 bits per heavy atom. The van der Waals surface area contributed by atoms with Gasteiger partial charge < -0.3 is 10.6 Å². The van der Waals surface area contributed by atoms with Crippen molar-refractivity contribution in [3.8, 4) is 0 Å². The van der Waals surface area contributed by atoms with E-state index in [2.05, 4.69) is 15.6 Å². The minimum absolute atomic E-state index is 0.131. The van der Waals surface area contributed by atoms with Gasteiger partial charge in [0.25, 0.3) is 11.6 Å². The molecular weight excluding hydrogens is 458 g/mol. The number of pyridine rings is 1. The second-order valence-electron chi connectivity index (χ2n) is 7.72. The summed E-state index contributed by atoms with van der Waals surface area (Å²) in [5.41, 5.74) is 1.59. The maximum absolute atomic E-state index is 12.6. The van der Waals surface area contributed by atoms with Gasteiger partial charge in [0, 0.05) is 38.5 Å². The third-order valence-electron chi connectivity index (χ3n) is 5.12. The number of carbonyl (C=O) groups is 1. The Labute approximate surface area is 197 Å². The maximum atomic E-state index is 12.6. The fourth-order valence-corrected chi connectivity index (χ4v) is 4.06. The van der Waals surface area contributed by atoms with E-state index in [4.69, 9.17) is 0 Å². The zero-order valence-electron chi connectivity index (χ0n) is 18.9. The van der Waals surface area contributed by atoms with Gasteiger partial charge in [0.1, 0.15) is 5.69 Å². The molecule has 11 heteroatoms. The lowest BCUT2D eigenvalue weighted by Gasteiger charge is -2.15. The van der Waals surface area contributed by atoms with Crippen LogP contribution in [0.1, 0.15) is 34.6 Å². The Balaban J connectivity index is 1.70. The van der Waals surface area contributed by atoms with E-state index in [9.17, 15) is 23.3 Å². The molecule has 0 saturated heterocycles. The molecular formula is C23H25N5O5S. The smallest absolute Gasteiger partial charge is 0.293 e. The quantitative estimate of drug-likeness (QED) is 0.352. The van der Waals surface area contributed by atoms with Crippen molar-refractivity contribution in [2.24, 2.45) is 0 Å². The molecule has 2 N–H and O–H groups in total. The van der Waals surface area contributed by atoms with Gasteiger partial charge in [0.05, 0.1) is 21.6 Å². The Bertz CT molecular complexity index is 1280. The standard InChI is InChI=1S/C23H25N5O5S/c1-16(20-6-4-5-13-24-20)26-21-12-9-18(14-22(21)28(30)31)23(29)25-15-17-7-10-19(11-8-17)34(32,33)27(2)3/h4-14,16,26H,15H2,1-3H3,(H,25,29). The molecule has 178 valence electrons. The van der Waals surface area contributed by atoms with Crippen LogP contribution < -0.4 is 10.6 Å². The first-order valence-corrected chi connectivity index (χ1v) is 11.8. The largest absolute Gasteiger partial charge is 0.371 e. The molecule has 1 amide bonds. The van der Waals surface area contributed by atoms with E-state index < -0.39 is 20.9 Å². The number of hydrogen-bond donors (Lipinski definition) is 2. The predicted molar refractivity (Wildman–Crippen MR) is 128 cm³/mol. The molecule has 1 aromatic heterocycles. The molecule has 0 aliphatic carbocycles. The summed E-state index contributed by atoms with van der Waals surface area (Å²) in [6.45, 7) is 1.97. The average molecular weight is 484 g/mol. The highest BCUT2D eigenvalue weighted by molar-refractivity contribution is 7.89. The number of aromatic nitrogens is 1. The van der Waals surface area contributed by atoms with Crippen molar-refractivity contribution in [2.45, 2.75) is 24.4 Å². The number of carbonyl (C=O) groups excluding carboxylic acids is 1. The van der Waals surface area contributed by atoms with Crippen molar-refractivity contribution in [3.05, 3.63) is 93.8 Å². The van der Waals surface area contributed by atoms with Crippen molar-refractivity contribution in [3.63, 3.8) is 0 Å². The van der Waals surface area contributed by atoms with Crippen LogP contribution in [0.15, 0.2) is 71.8 Å². The van der Waals surface area contributed by atoms with E-state index in [1.54, 1.807) is 24.4 Å². The van der Waals surface area contributed by atoms with Crippen molar-refractivity contribution >= 4 is 27.3 Å². The van der Waals surface area contributed by atoms with Crippen LogP contribution >= 0.6 is 0 Å². The fourth-order valence-electron chi connectivity index (χ4n) is 3.16. The highest BCUT2D eigenvalue weighted by atomic mass is 32.2. The number of nitro groups is 1. The first kappa shape index (κ1) is 24.8. The molecule has 1 atom stereocenters.